The topological polar surface area (TPSA) is 67.5 Å². The third-order valence-electron chi connectivity index (χ3n) is 4.01. The van der Waals surface area contributed by atoms with Gasteiger partial charge in [-0.1, -0.05) is 0 Å². The monoisotopic (exact) mass is 599 g/mol. The average molecular weight is 600 g/mol. The van der Waals surface area contributed by atoms with Gasteiger partial charge in [0.05, 0.1) is 0 Å². The van der Waals surface area contributed by atoms with Crippen molar-refractivity contribution >= 4 is 113 Å². The number of hydrogen-bond donors (Lipinski definition) is 2. The van der Waals surface area contributed by atoms with E-state index in [9.17, 15) is 4.79 Å². The number of halogens is 2. The molecule has 4 nitrogen and oxygen atoms in total. The molecule has 130 valence electrons. The fraction of sp³-hybridized carbons (Fsp3) is 0.0526. The number of hydrogen-bond acceptors (Lipinski definition) is 4. The molecule has 0 saturated heterocycles. The first-order valence-corrected chi connectivity index (χ1v) is 12.0. The molecule has 0 amide bonds. The summed E-state index contributed by atoms with van der Waals surface area (Å²) in [5, 5.41) is 4.42. The van der Waals surface area contributed by atoms with Crippen LogP contribution in [0.15, 0.2) is 52.5 Å². The van der Waals surface area contributed by atoms with E-state index in [0.29, 0.717) is 27.1 Å². The fourth-order valence-electron chi connectivity index (χ4n) is 2.64. The van der Waals surface area contributed by atoms with Gasteiger partial charge in [0.1, 0.15) is 0 Å². The molecule has 8 heteroatoms. The summed E-state index contributed by atoms with van der Waals surface area (Å²) < 4.78 is 2.34. The van der Waals surface area contributed by atoms with Crippen LogP contribution in [0, 0.1) is 6.92 Å². The van der Waals surface area contributed by atoms with Crippen LogP contribution in [0.1, 0.15) is 5.56 Å². The molecule has 1 aliphatic rings. The van der Waals surface area contributed by atoms with E-state index in [1.54, 1.807) is 6.08 Å². The molecule has 0 unspecified atom stereocenters. The Kier molecular flexibility index (Phi) is 6.72. The Labute approximate surface area is 197 Å². The molecule has 3 N–H and O–H groups in total. The van der Waals surface area contributed by atoms with Gasteiger partial charge in [-0.2, -0.15) is 0 Å². The fourth-order valence-corrected chi connectivity index (χ4v) is 5.48. The number of carbonyl (C=O) groups is 1. The van der Waals surface area contributed by atoms with Gasteiger partial charge in [0.15, 0.2) is 0 Å². The molecular weight excluding hydrogens is 587 g/mol. The Hall–Kier alpha value is -0.820. The summed E-state index contributed by atoms with van der Waals surface area (Å²) >= 11 is 14.5. The van der Waals surface area contributed by atoms with Crippen LogP contribution < -0.4 is 17.7 Å². The van der Waals surface area contributed by atoms with Gasteiger partial charge < -0.3 is 0 Å². The van der Waals surface area contributed by atoms with Crippen molar-refractivity contribution in [1.29, 1.82) is 0 Å². The van der Waals surface area contributed by atoms with Crippen molar-refractivity contribution < 1.29 is 4.79 Å². The van der Waals surface area contributed by atoms with E-state index in [-0.39, 0.29) is 5.78 Å². The van der Waals surface area contributed by atoms with E-state index in [1.165, 1.54) is 15.5 Å². The van der Waals surface area contributed by atoms with Crippen LogP contribution in [0.3, 0.4) is 0 Å². The number of benzene rings is 2. The molecule has 4 radical (unpaired) electrons. The van der Waals surface area contributed by atoms with E-state index in [4.69, 9.17) is 28.9 Å². The summed E-state index contributed by atoms with van der Waals surface area (Å²) in [4.78, 5) is 16.0. The predicted octanol–water partition coefficient (Wildman–Crippen LogP) is 2.90. The number of nitrogens with two attached hydrogens (primary N) is 1. The summed E-state index contributed by atoms with van der Waals surface area (Å²) in [5.74, 6) is -0.155. The van der Waals surface area contributed by atoms with Gasteiger partial charge in [-0.05, 0) is 0 Å². The molecule has 0 saturated carbocycles. The first kappa shape index (κ1) is 20.9. The van der Waals surface area contributed by atoms with Crippen molar-refractivity contribution in [2.45, 2.75) is 6.92 Å². The number of rotatable bonds is 3. The molecule has 0 aliphatic heterocycles. The van der Waals surface area contributed by atoms with Crippen molar-refractivity contribution in [2.75, 3.05) is 11.1 Å². The van der Waals surface area contributed by atoms with E-state index in [1.807, 2.05) is 25.1 Å². The summed E-state index contributed by atoms with van der Waals surface area (Å²) in [6.45, 7) is 1.96. The van der Waals surface area contributed by atoms with Gasteiger partial charge in [-0.3, -0.25) is 0 Å². The van der Waals surface area contributed by atoms with Gasteiger partial charge in [0.2, 0.25) is 0 Å². The van der Waals surface area contributed by atoms with Crippen molar-refractivity contribution in [2.24, 2.45) is 4.99 Å². The molecule has 27 heavy (non-hydrogen) atoms. The molecular formula is C19H13Cl2In2N3O. The Balaban J connectivity index is 2.07. The van der Waals surface area contributed by atoms with E-state index in [2.05, 4.69) is 16.4 Å². The van der Waals surface area contributed by atoms with Crippen molar-refractivity contribution in [3.05, 3.63) is 58.1 Å². The Morgan fingerprint density at radius 1 is 1.15 bits per heavy atom. The van der Waals surface area contributed by atoms with Crippen molar-refractivity contribution in [3.8, 4) is 0 Å². The first-order valence-electron chi connectivity index (χ1n) is 7.95. The summed E-state index contributed by atoms with van der Waals surface area (Å²) in [6.07, 6.45) is 4.39. The number of nitrogens with one attached hydrogen (secondary N) is 1. The number of allylic oxidation sites excluding steroid dienone is 4. The number of nitrogens with zero attached hydrogens (tertiary/aromatic N) is 1. The average Bonchev–Trinajstić information content (AvgIpc) is 2.58. The van der Waals surface area contributed by atoms with Gasteiger partial charge in [0.25, 0.3) is 0 Å². The first-order chi connectivity index (χ1) is 12.8. The second-order valence-electron chi connectivity index (χ2n) is 5.99. The number of aliphatic imine (C=N–C) groups is 1. The van der Waals surface area contributed by atoms with Crippen LogP contribution in [-0.4, -0.2) is 60.2 Å². The zero-order chi connectivity index (χ0) is 19.7. The third kappa shape index (κ3) is 4.78. The van der Waals surface area contributed by atoms with Crippen molar-refractivity contribution in [1.82, 2.24) is 0 Å². The Morgan fingerprint density at radius 2 is 1.89 bits per heavy atom. The Morgan fingerprint density at radius 3 is 2.56 bits per heavy atom. The van der Waals surface area contributed by atoms with E-state index < -0.39 is 0 Å². The standard InChI is InChI=1S/C19H13Cl2N3O.2In/c1-11-16(23-17-5-3-2-4-13(17)20)9-7-15(22)19(11)24-18-8-6-12(25)10-14(18)21;;/h3-8,10,23H,22H2,1H3;;. The van der Waals surface area contributed by atoms with Gasteiger partial charge in [-0.25, -0.2) is 0 Å². The Bertz CT molecular complexity index is 1050. The van der Waals surface area contributed by atoms with Crippen LogP contribution in [0.2, 0.25) is 5.02 Å². The van der Waals surface area contributed by atoms with Gasteiger partial charge in [0, 0.05) is 0 Å². The van der Waals surface area contributed by atoms with Crippen LogP contribution in [0.4, 0.5) is 22.7 Å². The second-order valence-corrected chi connectivity index (χ2v) is 10.5. The van der Waals surface area contributed by atoms with Crippen LogP contribution >= 0.6 is 23.2 Å². The molecule has 0 atom stereocenters. The van der Waals surface area contributed by atoms with Gasteiger partial charge >= 0.3 is 199 Å². The molecule has 0 bridgehead atoms. The molecule has 2 aromatic carbocycles. The maximum atomic E-state index is 11.4. The van der Waals surface area contributed by atoms with Crippen molar-refractivity contribution in [3.63, 3.8) is 0 Å². The minimum absolute atomic E-state index is 0.155. The van der Waals surface area contributed by atoms with Crippen LogP contribution in [-0.2, 0) is 4.79 Å². The molecule has 0 spiro atoms. The summed E-state index contributed by atoms with van der Waals surface area (Å²) in [6, 6.07) is 7.94. The second kappa shape index (κ2) is 8.68. The van der Waals surface area contributed by atoms with Crippen LogP contribution in [0.5, 0.6) is 0 Å². The van der Waals surface area contributed by atoms with Crippen LogP contribution in [0.25, 0.3) is 0 Å². The zero-order valence-electron chi connectivity index (χ0n) is 14.4. The molecule has 0 fully saturated rings. The SMILES string of the molecule is Cc1c(N=C2C=CC(=O)C=C2Cl)c(N)c[c]([In])c1Nc1cc[c]([In])cc1Cl. The summed E-state index contributed by atoms with van der Waals surface area (Å²) in [5.41, 5.74) is 10.6. The number of nitrogen functional groups attached to an aromatic ring is 1. The molecule has 3 rings (SSSR count). The predicted molar refractivity (Wildman–Crippen MR) is 116 cm³/mol. The molecule has 0 heterocycles. The van der Waals surface area contributed by atoms with E-state index >= 15 is 0 Å². The maximum absolute atomic E-state index is 11.4. The van der Waals surface area contributed by atoms with E-state index in [0.717, 1.165) is 69.0 Å². The molecule has 2 aromatic rings. The normalized spacial score (nSPS) is 15.1. The number of ketones is 1. The van der Waals surface area contributed by atoms with Gasteiger partial charge in [-0.15, -0.1) is 0 Å². The quantitative estimate of drug-likeness (QED) is 0.421. The molecule has 1 aliphatic carbocycles. The minimum atomic E-state index is -0.155. The number of carbonyl (C=O) groups excluding carboxylic acids is 1. The number of anilines is 3. The third-order valence-corrected chi connectivity index (χ3v) is 6.95. The zero-order valence-corrected chi connectivity index (χ0v) is 22.5. The molecule has 0 aromatic heterocycles. The summed E-state index contributed by atoms with van der Waals surface area (Å²) in [7, 11) is 0.